The third-order valence-corrected chi connectivity index (χ3v) is 2.61. The van der Waals surface area contributed by atoms with Gasteiger partial charge in [0, 0.05) is 4.83 Å². The molecular weight excluding hydrogens is 224 g/mol. The predicted octanol–water partition coefficient (Wildman–Crippen LogP) is 4.34. The molecule has 1 atom stereocenters. The molecular formula is C12H17Br. The van der Waals surface area contributed by atoms with Gasteiger partial charge in [-0.15, -0.1) is 0 Å². The minimum absolute atomic E-state index is 0.459. The maximum absolute atomic E-state index is 3.56. The van der Waals surface area contributed by atoms with Crippen LogP contribution in [0.4, 0.5) is 0 Å². The quantitative estimate of drug-likeness (QED) is 0.690. The van der Waals surface area contributed by atoms with Crippen molar-refractivity contribution < 1.29 is 0 Å². The molecule has 0 fully saturated rings. The molecule has 1 aromatic carbocycles. The van der Waals surface area contributed by atoms with Crippen molar-refractivity contribution in [2.24, 2.45) is 5.92 Å². The highest BCUT2D eigenvalue weighted by atomic mass is 79.9. The second-order valence-electron chi connectivity index (χ2n) is 3.96. The highest BCUT2D eigenvalue weighted by molar-refractivity contribution is 9.09. The smallest absolute Gasteiger partial charge is 0.0367 e. The highest BCUT2D eigenvalue weighted by Gasteiger charge is 2.01. The minimum atomic E-state index is 0.459. The first-order valence-electron chi connectivity index (χ1n) is 4.82. The van der Waals surface area contributed by atoms with Gasteiger partial charge in [-0.05, 0) is 30.4 Å². The third kappa shape index (κ3) is 3.51. The van der Waals surface area contributed by atoms with Gasteiger partial charge >= 0.3 is 0 Å². The molecule has 0 aliphatic heterocycles. The van der Waals surface area contributed by atoms with E-state index in [1.54, 1.807) is 0 Å². The Morgan fingerprint density at radius 2 is 1.62 bits per heavy atom. The molecule has 0 N–H and O–H groups in total. The standard InChI is InChI=1S/C12H17Br/c1-9(2)8-11-4-6-12(7-5-11)10(3)13/h4-7,9-10H,8H2,1-3H3. The second kappa shape index (κ2) is 4.80. The Morgan fingerprint density at radius 1 is 1.08 bits per heavy atom. The fourth-order valence-electron chi connectivity index (χ4n) is 1.39. The van der Waals surface area contributed by atoms with Crippen molar-refractivity contribution in [3.8, 4) is 0 Å². The van der Waals surface area contributed by atoms with Crippen LogP contribution in [0.1, 0.15) is 36.7 Å². The fourth-order valence-corrected chi connectivity index (χ4v) is 1.70. The summed E-state index contributed by atoms with van der Waals surface area (Å²) in [5.74, 6) is 0.743. The summed E-state index contributed by atoms with van der Waals surface area (Å²) in [6, 6.07) is 8.87. The molecule has 0 heterocycles. The van der Waals surface area contributed by atoms with Crippen molar-refractivity contribution in [3.05, 3.63) is 35.4 Å². The lowest BCUT2D eigenvalue weighted by atomic mass is 10.0. The van der Waals surface area contributed by atoms with Gasteiger partial charge in [-0.1, -0.05) is 54.0 Å². The molecule has 0 amide bonds. The zero-order chi connectivity index (χ0) is 9.84. The van der Waals surface area contributed by atoms with Gasteiger partial charge in [0.1, 0.15) is 0 Å². The summed E-state index contributed by atoms with van der Waals surface area (Å²) >= 11 is 3.56. The van der Waals surface area contributed by atoms with E-state index in [4.69, 9.17) is 0 Å². The first-order valence-corrected chi connectivity index (χ1v) is 5.74. The van der Waals surface area contributed by atoms with Crippen LogP contribution >= 0.6 is 15.9 Å². The van der Waals surface area contributed by atoms with Crippen LogP contribution in [0.3, 0.4) is 0 Å². The molecule has 0 nitrogen and oxygen atoms in total. The lowest BCUT2D eigenvalue weighted by Gasteiger charge is -2.07. The van der Waals surface area contributed by atoms with Crippen LogP contribution in [0.2, 0.25) is 0 Å². The van der Waals surface area contributed by atoms with Crippen molar-refractivity contribution in [2.75, 3.05) is 0 Å². The summed E-state index contributed by atoms with van der Waals surface area (Å²) in [6.45, 7) is 6.65. The van der Waals surface area contributed by atoms with Crippen LogP contribution in [-0.4, -0.2) is 0 Å². The van der Waals surface area contributed by atoms with Gasteiger partial charge in [-0.25, -0.2) is 0 Å². The lowest BCUT2D eigenvalue weighted by molar-refractivity contribution is 0.647. The first-order chi connectivity index (χ1) is 6.09. The van der Waals surface area contributed by atoms with E-state index in [1.807, 2.05) is 0 Å². The zero-order valence-corrected chi connectivity index (χ0v) is 10.1. The summed E-state index contributed by atoms with van der Waals surface area (Å²) in [4.78, 5) is 0.459. The van der Waals surface area contributed by atoms with E-state index in [0.29, 0.717) is 4.83 Å². The third-order valence-electron chi connectivity index (χ3n) is 2.08. The zero-order valence-electron chi connectivity index (χ0n) is 8.55. The molecule has 0 aromatic heterocycles. The highest BCUT2D eigenvalue weighted by Crippen LogP contribution is 2.22. The van der Waals surface area contributed by atoms with Gasteiger partial charge in [0.15, 0.2) is 0 Å². The molecule has 1 unspecified atom stereocenters. The van der Waals surface area contributed by atoms with E-state index >= 15 is 0 Å². The molecule has 72 valence electrons. The summed E-state index contributed by atoms with van der Waals surface area (Å²) < 4.78 is 0. The van der Waals surface area contributed by atoms with Gasteiger partial charge < -0.3 is 0 Å². The maximum atomic E-state index is 3.56. The van der Waals surface area contributed by atoms with Crippen LogP contribution in [-0.2, 0) is 6.42 Å². The van der Waals surface area contributed by atoms with Crippen LogP contribution in [0.15, 0.2) is 24.3 Å². The van der Waals surface area contributed by atoms with Crippen molar-refractivity contribution in [1.82, 2.24) is 0 Å². The van der Waals surface area contributed by atoms with Crippen LogP contribution < -0.4 is 0 Å². The average molecular weight is 241 g/mol. The molecule has 0 aliphatic carbocycles. The second-order valence-corrected chi connectivity index (χ2v) is 5.33. The van der Waals surface area contributed by atoms with E-state index in [2.05, 4.69) is 61.0 Å². The van der Waals surface area contributed by atoms with E-state index < -0.39 is 0 Å². The molecule has 0 spiro atoms. The normalized spacial score (nSPS) is 13.3. The summed E-state index contributed by atoms with van der Waals surface area (Å²) in [6.07, 6.45) is 1.18. The summed E-state index contributed by atoms with van der Waals surface area (Å²) in [5, 5.41) is 0. The van der Waals surface area contributed by atoms with E-state index in [0.717, 1.165) is 5.92 Å². The molecule has 13 heavy (non-hydrogen) atoms. The monoisotopic (exact) mass is 240 g/mol. The topological polar surface area (TPSA) is 0 Å². The summed E-state index contributed by atoms with van der Waals surface area (Å²) in [5.41, 5.74) is 2.79. The number of halogens is 1. The Morgan fingerprint density at radius 3 is 2.00 bits per heavy atom. The number of hydrogen-bond donors (Lipinski definition) is 0. The average Bonchev–Trinajstić information content (AvgIpc) is 2.04. The Labute approximate surface area is 89.5 Å². The van der Waals surface area contributed by atoms with Gasteiger partial charge in [0.2, 0.25) is 0 Å². The SMILES string of the molecule is CC(C)Cc1ccc(C(C)Br)cc1. The number of rotatable bonds is 3. The van der Waals surface area contributed by atoms with Gasteiger partial charge in [-0.3, -0.25) is 0 Å². The molecule has 1 rings (SSSR count). The molecule has 0 bridgehead atoms. The number of hydrogen-bond acceptors (Lipinski definition) is 0. The van der Waals surface area contributed by atoms with Gasteiger partial charge in [0.25, 0.3) is 0 Å². The number of benzene rings is 1. The van der Waals surface area contributed by atoms with Crippen LogP contribution in [0.5, 0.6) is 0 Å². The largest absolute Gasteiger partial charge is 0.0842 e. The molecule has 1 aromatic rings. The van der Waals surface area contributed by atoms with Crippen molar-refractivity contribution >= 4 is 15.9 Å². The maximum Gasteiger partial charge on any atom is 0.0367 e. The molecule has 0 saturated carbocycles. The fraction of sp³-hybridized carbons (Fsp3) is 0.500. The van der Waals surface area contributed by atoms with Crippen molar-refractivity contribution in [1.29, 1.82) is 0 Å². The summed E-state index contributed by atoms with van der Waals surface area (Å²) in [7, 11) is 0. The van der Waals surface area contributed by atoms with E-state index in [1.165, 1.54) is 17.5 Å². The number of alkyl halides is 1. The van der Waals surface area contributed by atoms with Crippen molar-refractivity contribution in [2.45, 2.75) is 32.0 Å². The van der Waals surface area contributed by atoms with Gasteiger partial charge in [-0.2, -0.15) is 0 Å². The van der Waals surface area contributed by atoms with Crippen LogP contribution in [0, 0.1) is 5.92 Å². The Kier molecular flexibility index (Phi) is 3.98. The molecule has 0 radical (unpaired) electrons. The molecule has 0 aliphatic rings. The van der Waals surface area contributed by atoms with Crippen LogP contribution in [0.25, 0.3) is 0 Å². The lowest BCUT2D eigenvalue weighted by Crippen LogP contribution is -1.94. The first kappa shape index (κ1) is 10.8. The van der Waals surface area contributed by atoms with Gasteiger partial charge in [0.05, 0.1) is 0 Å². The Balaban J connectivity index is 2.70. The van der Waals surface area contributed by atoms with E-state index in [-0.39, 0.29) is 0 Å². The Bertz CT molecular complexity index is 246. The molecule has 1 heteroatoms. The predicted molar refractivity (Wildman–Crippen MR) is 62.3 cm³/mol. The Hall–Kier alpha value is -0.300. The molecule has 0 saturated heterocycles. The van der Waals surface area contributed by atoms with Crippen molar-refractivity contribution in [3.63, 3.8) is 0 Å². The van der Waals surface area contributed by atoms with E-state index in [9.17, 15) is 0 Å². The minimum Gasteiger partial charge on any atom is -0.0842 e.